The molecule has 0 aliphatic carbocycles. The van der Waals surface area contributed by atoms with Crippen LogP contribution in [0.15, 0.2) is 24.3 Å². The normalized spacial score (nSPS) is 10.2. The van der Waals surface area contributed by atoms with Crippen LogP contribution in [0.1, 0.15) is 5.69 Å². The van der Waals surface area contributed by atoms with Crippen molar-refractivity contribution in [1.29, 1.82) is 5.26 Å². The fourth-order valence-corrected chi connectivity index (χ4v) is 1.88. The number of hydrogen-bond acceptors (Lipinski definition) is 2. The van der Waals surface area contributed by atoms with Gasteiger partial charge in [0.05, 0.1) is 5.52 Å². The number of rotatable bonds is 3. The van der Waals surface area contributed by atoms with Crippen LogP contribution in [0, 0.1) is 17.1 Å². The van der Waals surface area contributed by atoms with Crippen LogP contribution in [0.5, 0.6) is 0 Å². The number of aromatic nitrogens is 1. The van der Waals surface area contributed by atoms with Crippen LogP contribution < -0.4 is 5.32 Å². The van der Waals surface area contributed by atoms with Gasteiger partial charge in [-0.1, -0.05) is 12.1 Å². The Morgan fingerprint density at radius 2 is 2.33 bits per heavy atom. The Labute approximate surface area is 102 Å². The first-order valence-corrected chi connectivity index (χ1v) is 5.28. The summed E-state index contributed by atoms with van der Waals surface area (Å²) < 4.78 is 15.2. The van der Waals surface area contributed by atoms with Crippen molar-refractivity contribution in [2.24, 2.45) is 0 Å². The molecule has 0 saturated heterocycles. The number of carboxylic acid groups (broad SMARTS) is 1. The number of amides is 1. The lowest BCUT2D eigenvalue weighted by Gasteiger charge is -2.07. The smallest absolute Gasteiger partial charge is 0.404 e. The predicted octanol–water partition coefficient (Wildman–Crippen LogP) is 1.92. The third-order valence-electron chi connectivity index (χ3n) is 2.60. The van der Waals surface area contributed by atoms with Crippen LogP contribution in [0.25, 0.3) is 10.9 Å². The molecule has 0 saturated carbocycles. The zero-order chi connectivity index (χ0) is 13.1. The lowest BCUT2D eigenvalue weighted by molar-refractivity contribution is 0.194. The van der Waals surface area contributed by atoms with Gasteiger partial charge >= 0.3 is 6.09 Å². The van der Waals surface area contributed by atoms with Gasteiger partial charge in [0.15, 0.2) is 0 Å². The molecule has 0 bridgehead atoms. The highest BCUT2D eigenvalue weighted by Gasteiger charge is 2.11. The molecule has 0 atom stereocenters. The van der Waals surface area contributed by atoms with Crippen LogP contribution in [0.2, 0.25) is 0 Å². The van der Waals surface area contributed by atoms with E-state index in [4.69, 9.17) is 10.4 Å². The second-order valence-electron chi connectivity index (χ2n) is 3.70. The Kier molecular flexibility index (Phi) is 3.15. The molecule has 0 spiro atoms. The molecule has 1 aromatic heterocycles. The third kappa shape index (κ3) is 2.11. The topological polar surface area (TPSA) is 78.0 Å². The van der Waals surface area contributed by atoms with Gasteiger partial charge in [-0.15, -0.1) is 0 Å². The number of carbonyl (C=O) groups is 1. The van der Waals surface area contributed by atoms with E-state index in [0.717, 1.165) is 0 Å². The van der Waals surface area contributed by atoms with E-state index in [1.807, 2.05) is 6.07 Å². The van der Waals surface area contributed by atoms with Crippen LogP contribution in [0.3, 0.4) is 0 Å². The maximum Gasteiger partial charge on any atom is 0.404 e. The molecule has 5 nitrogen and oxygen atoms in total. The van der Waals surface area contributed by atoms with Crippen LogP contribution in [0.4, 0.5) is 9.18 Å². The van der Waals surface area contributed by atoms with Crippen molar-refractivity contribution < 1.29 is 14.3 Å². The fraction of sp³-hybridized carbons (Fsp3) is 0.167. The number of nitrogens with zero attached hydrogens (tertiary/aromatic N) is 2. The summed E-state index contributed by atoms with van der Waals surface area (Å²) in [6.07, 6.45) is -1.15. The fourth-order valence-electron chi connectivity index (χ4n) is 1.88. The van der Waals surface area contributed by atoms with Crippen molar-refractivity contribution >= 4 is 17.0 Å². The molecule has 0 fully saturated rings. The van der Waals surface area contributed by atoms with Gasteiger partial charge in [0, 0.05) is 18.5 Å². The lowest BCUT2D eigenvalue weighted by atomic mass is 10.2. The highest BCUT2D eigenvalue weighted by molar-refractivity contribution is 5.82. The van der Waals surface area contributed by atoms with Crippen molar-refractivity contribution in [3.05, 3.63) is 35.8 Å². The average molecular weight is 247 g/mol. The summed E-state index contributed by atoms with van der Waals surface area (Å²) in [5.41, 5.74) is 0.628. The van der Waals surface area contributed by atoms with Gasteiger partial charge in [-0.2, -0.15) is 5.26 Å². The molecule has 0 aliphatic rings. The summed E-state index contributed by atoms with van der Waals surface area (Å²) in [4.78, 5) is 10.4. The average Bonchev–Trinajstić information content (AvgIpc) is 2.68. The molecule has 2 rings (SSSR count). The summed E-state index contributed by atoms with van der Waals surface area (Å²) in [6, 6.07) is 8.14. The van der Waals surface area contributed by atoms with Gasteiger partial charge in [-0.3, -0.25) is 0 Å². The summed E-state index contributed by atoms with van der Waals surface area (Å²) in [5, 5.41) is 20.3. The number of fused-ring (bicyclic) bond motifs is 1. The minimum Gasteiger partial charge on any atom is -0.465 e. The molecular weight excluding hydrogens is 237 g/mol. The van der Waals surface area contributed by atoms with Crippen LogP contribution >= 0.6 is 0 Å². The first-order chi connectivity index (χ1) is 8.63. The van der Waals surface area contributed by atoms with Gasteiger partial charge in [0.25, 0.3) is 0 Å². The number of nitriles is 1. The van der Waals surface area contributed by atoms with Crippen LogP contribution in [-0.2, 0) is 6.54 Å². The molecule has 0 radical (unpaired) electrons. The maximum absolute atomic E-state index is 13.7. The quantitative estimate of drug-likeness (QED) is 0.869. The first-order valence-electron chi connectivity index (χ1n) is 5.28. The van der Waals surface area contributed by atoms with Crippen molar-refractivity contribution in [1.82, 2.24) is 9.88 Å². The molecule has 18 heavy (non-hydrogen) atoms. The maximum atomic E-state index is 13.7. The van der Waals surface area contributed by atoms with E-state index >= 15 is 0 Å². The number of para-hydroxylation sites is 1. The van der Waals surface area contributed by atoms with E-state index < -0.39 is 11.9 Å². The first kappa shape index (κ1) is 11.9. The minimum atomic E-state index is -1.15. The largest absolute Gasteiger partial charge is 0.465 e. The highest BCUT2D eigenvalue weighted by Crippen LogP contribution is 2.22. The zero-order valence-electron chi connectivity index (χ0n) is 9.35. The number of hydrogen-bond donors (Lipinski definition) is 2. The van der Waals surface area contributed by atoms with Gasteiger partial charge in [-0.25, -0.2) is 9.18 Å². The van der Waals surface area contributed by atoms with Crippen molar-refractivity contribution in [3.63, 3.8) is 0 Å². The Balaban J connectivity index is 2.41. The van der Waals surface area contributed by atoms with Gasteiger partial charge < -0.3 is 15.0 Å². The minimum absolute atomic E-state index is 0.113. The monoisotopic (exact) mass is 247 g/mol. The summed E-state index contributed by atoms with van der Waals surface area (Å²) in [6.45, 7) is 0.321. The molecule has 0 unspecified atom stereocenters. The summed E-state index contributed by atoms with van der Waals surface area (Å²) in [5.74, 6) is -0.427. The highest BCUT2D eigenvalue weighted by atomic mass is 19.1. The molecule has 2 N–H and O–H groups in total. The molecule has 0 aliphatic heterocycles. The second-order valence-corrected chi connectivity index (χ2v) is 3.70. The molecule has 1 aromatic carbocycles. The Morgan fingerprint density at radius 1 is 1.56 bits per heavy atom. The van der Waals surface area contributed by atoms with Crippen LogP contribution in [-0.4, -0.2) is 22.3 Å². The van der Waals surface area contributed by atoms with E-state index in [9.17, 15) is 9.18 Å². The van der Waals surface area contributed by atoms with E-state index in [-0.39, 0.29) is 13.1 Å². The van der Waals surface area contributed by atoms with Gasteiger partial charge in [0.1, 0.15) is 17.6 Å². The molecule has 2 aromatic rings. The summed E-state index contributed by atoms with van der Waals surface area (Å²) >= 11 is 0. The zero-order valence-corrected chi connectivity index (χ0v) is 9.35. The predicted molar refractivity (Wildman–Crippen MR) is 62.6 cm³/mol. The van der Waals surface area contributed by atoms with Gasteiger partial charge in [-0.05, 0) is 12.1 Å². The summed E-state index contributed by atoms with van der Waals surface area (Å²) in [7, 11) is 0. The lowest BCUT2D eigenvalue weighted by Crippen LogP contribution is -2.25. The third-order valence-corrected chi connectivity index (χ3v) is 2.60. The number of benzene rings is 1. The van der Waals surface area contributed by atoms with E-state index in [1.54, 1.807) is 18.2 Å². The molecule has 92 valence electrons. The van der Waals surface area contributed by atoms with Crippen molar-refractivity contribution in [3.8, 4) is 6.07 Å². The number of halogens is 1. The van der Waals surface area contributed by atoms with Crippen molar-refractivity contribution in [2.75, 3.05) is 6.54 Å². The van der Waals surface area contributed by atoms with Crippen molar-refractivity contribution in [2.45, 2.75) is 6.54 Å². The Hall–Kier alpha value is -2.55. The molecule has 1 amide bonds. The van der Waals surface area contributed by atoms with E-state index in [0.29, 0.717) is 16.6 Å². The number of nitrogens with one attached hydrogen (secondary N) is 1. The Morgan fingerprint density at radius 3 is 3.00 bits per heavy atom. The molecular formula is C12H10FN3O2. The van der Waals surface area contributed by atoms with E-state index in [1.165, 1.54) is 10.6 Å². The molecule has 6 heteroatoms. The Bertz CT molecular complexity index is 643. The molecule has 1 heterocycles. The SMILES string of the molecule is N#Cc1cc2cccc(F)c2n1CCNC(=O)O. The van der Waals surface area contributed by atoms with Gasteiger partial charge in [0.2, 0.25) is 0 Å². The standard InChI is InChI=1S/C12H10FN3O2/c13-10-3-1-2-8-6-9(7-14)16(11(8)10)5-4-15-12(17)18/h1-3,6,15H,4-5H2,(H,17,18). The second kappa shape index (κ2) is 4.75. The van der Waals surface area contributed by atoms with E-state index in [2.05, 4.69) is 5.32 Å².